The third-order valence-corrected chi connectivity index (χ3v) is 4.87. The monoisotopic (exact) mass is 363 g/mol. The predicted molar refractivity (Wildman–Crippen MR) is 103 cm³/mol. The molecule has 1 aliphatic carbocycles. The van der Waals surface area contributed by atoms with E-state index in [2.05, 4.69) is 5.10 Å². The maximum absolute atomic E-state index is 13.0. The van der Waals surface area contributed by atoms with Gasteiger partial charge in [-0.25, -0.2) is 0 Å². The molecule has 0 saturated heterocycles. The molecular formula is C21H21N3O3. The zero-order valence-corrected chi connectivity index (χ0v) is 15.2. The van der Waals surface area contributed by atoms with Crippen LogP contribution in [-0.4, -0.2) is 33.7 Å². The minimum Gasteiger partial charge on any atom is -0.497 e. The van der Waals surface area contributed by atoms with E-state index in [9.17, 15) is 9.59 Å². The van der Waals surface area contributed by atoms with E-state index in [-0.39, 0.29) is 23.9 Å². The number of para-hydroxylation sites is 1. The van der Waals surface area contributed by atoms with E-state index in [1.165, 1.54) is 6.20 Å². The Morgan fingerprint density at radius 2 is 1.93 bits per heavy atom. The minimum absolute atomic E-state index is 0.00891. The van der Waals surface area contributed by atoms with Crippen LogP contribution < -0.4 is 10.2 Å². The van der Waals surface area contributed by atoms with Crippen LogP contribution in [0.4, 0.5) is 0 Å². The molecule has 1 aliphatic rings. The number of carbonyl (C=O) groups excluding carboxylic acids is 1. The Labute approximate surface area is 157 Å². The first-order chi connectivity index (χ1) is 13.2. The summed E-state index contributed by atoms with van der Waals surface area (Å²) in [7, 11) is 1.64. The number of ether oxygens (including phenoxy) is 1. The molecule has 0 radical (unpaired) electrons. The number of nitrogens with zero attached hydrogens (tertiary/aromatic N) is 3. The van der Waals surface area contributed by atoms with E-state index in [1.54, 1.807) is 17.9 Å². The van der Waals surface area contributed by atoms with Gasteiger partial charge in [-0.1, -0.05) is 24.3 Å². The number of carbonyl (C=O) groups is 1. The van der Waals surface area contributed by atoms with Gasteiger partial charge in [-0.2, -0.15) is 5.10 Å². The molecule has 2 aromatic carbocycles. The number of hydrogen-bond donors (Lipinski definition) is 0. The maximum Gasteiger partial charge on any atom is 0.244 e. The molecule has 0 aliphatic heterocycles. The third-order valence-electron chi connectivity index (χ3n) is 4.87. The zero-order chi connectivity index (χ0) is 18.8. The molecule has 1 aromatic heterocycles. The van der Waals surface area contributed by atoms with E-state index in [0.717, 1.165) is 24.2 Å². The first-order valence-corrected chi connectivity index (χ1v) is 9.03. The zero-order valence-electron chi connectivity index (χ0n) is 15.2. The summed E-state index contributed by atoms with van der Waals surface area (Å²) in [4.78, 5) is 26.9. The number of rotatable bonds is 6. The molecule has 1 heterocycles. The highest BCUT2D eigenvalue weighted by Crippen LogP contribution is 2.29. The predicted octanol–water partition coefficient (Wildman–Crippen LogP) is 2.60. The van der Waals surface area contributed by atoms with Crippen molar-refractivity contribution in [3.63, 3.8) is 0 Å². The molecule has 138 valence electrons. The summed E-state index contributed by atoms with van der Waals surface area (Å²) in [5.74, 6) is 0.807. The van der Waals surface area contributed by atoms with Crippen LogP contribution in [-0.2, 0) is 17.9 Å². The smallest absolute Gasteiger partial charge is 0.244 e. The summed E-state index contributed by atoms with van der Waals surface area (Å²) in [5, 5.41) is 4.76. The lowest BCUT2D eigenvalue weighted by Gasteiger charge is -2.23. The van der Waals surface area contributed by atoms with Gasteiger partial charge in [0.2, 0.25) is 11.3 Å². The number of fused-ring (bicyclic) bond motifs is 1. The molecule has 27 heavy (non-hydrogen) atoms. The Balaban J connectivity index is 1.56. The van der Waals surface area contributed by atoms with Gasteiger partial charge >= 0.3 is 0 Å². The Kier molecular flexibility index (Phi) is 4.62. The number of hydrogen-bond acceptors (Lipinski definition) is 4. The lowest BCUT2D eigenvalue weighted by Crippen LogP contribution is -2.36. The first-order valence-electron chi connectivity index (χ1n) is 9.03. The second-order valence-electron chi connectivity index (χ2n) is 6.78. The average Bonchev–Trinajstić information content (AvgIpc) is 3.54. The van der Waals surface area contributed by atoms with Gasteiger partial charge in [-0.3, -0.25) is 14.3 Å². The van der Waals surface area contributed by atoms with Crippen molar-refractivity contribution in [2.75, 3.05) is 7.11 Å². The Hall–Kier alpha value is -3.15. The van der Waals surface area contributed by atoms with Crippen LogP contribution in [0.5, 0.6) is 5.75 Å². The largest absolute Gasteiger partial charge is 0.497 e. The highest BCUT2D eigenvalue weighted by molar-refractivity contribution is 5.81. The van der Waals surface area contributed by atoms with E-state index in [1.807, 2.05) is 47.4 Å². The molecule has 1 saturated carbocycles. The van der Waals surface area contributed by atoms with Crippen LogP contribution >= 0.6 is 0 Å². The van der Waals surface area contributed by atoms with Crippen molar-refractivity contribution in [2.45, 2.75) is 32.0 Å². The molecule has 0 unspecified atom stereocenters. The minimum atomic E-state index is -0.133. The molecule has 0 atom stereocenters. The van der Waals surface area contributed by atoms with E-state index in [0.29, 0.717) is 17.4 Å². The number of methoxy groups -OCH3 is 1. The summed E-state index contributed by atoms with van der Waals surface area (Å²) in [6, 6.07) is 15.3. The van der Waals surface area contributed by atoms with E-state index >= 15 is 0 Å². The summed E-state index contributed by atoms with van der Waals surface area (Å²) in [6.45, 7) is 0.680. The average molecular weight is 363 g/mol. The molecule has 1 fully saturated rings. The molecule has 6 heteroatoms. The van der Waals surface area contributed by atoms with Crippen LogP contribution in [0.3, 0.4) is 0 Å². The molecule has 3 aromatic rings. The normalized spacial score (nSPS) is 13.5. The van der Waals surface area contributed by atoms with Crippen molar-refractivity contribution >= 4 is 16.8 Å². The van der Waals surface area contributed by atoms with Crippen LogP contribution in [0.25, 0.3) is 10.9 Å². The van der Waals surface area contributed by atoms with Crippen LogP contribution in [0.1, 0.15) is 18.4 Å². The van der Waals surface area contributed by atoms with Gasteiger partial charge < -0.3 is 9.64 Å². The third kappa shape index (κ3) is 3.69. The number of aromatic nitrogens is 2. The molecule has 0 spiro atoms. The van der Waals surface area contributed by atoms with Crippen LogP contribution in [0, 0.1) is 0 Å². The Morgan fingerprint density at radius 3 is 2.63 bits per heavy atom. The topological polar surface area (TPSA) is 64.4 Å². The fraction of sp³-hybridized carbons (Fsp3) is 0.286. The summed E-state index contributed by atoms with van der Waals surface area (Å²) in [6.07, 6.45) is 3.33. The number of amides is 1. The molecule has 6 nitrogen and oxygen atoms in total. The molecule has 0 N–H and O–H groups in total. The SMILES string of the molecule is COc1ccc(CN(C(=O)Cn2ncc(=O)c3ccccc32)C2CC2)cc1. The van der Waals surface area contributed by atoms with Crippen molar-refractivity contribution in [3.05, 3.63) is 70.5 Å². The van der Waals surface area contributed by atoms with Gasteiger partial charge in [0.25, 0.3) is 0 Å². The summed E-state index contributed by atoms with van der Waals surface area (Å²) in [5.41, 5.74) is 1.61. The Bertz CT molecular complexity index is 1020. The second kappa shape index (κ2) is 7.23. The van der Waals surface area contributed by atoms with Gasteiger partial charge in [0.15, 0.2) is 0 Å². The highest BCUT2D eigenvalue weighted by Gasteiger charge is 2.32. The lowest BCUT2D eigenvalue weighted by atomic mass is 10.2. The lowest BCUT2D eigenvalue weighted by molar-refractivity contribution is -0.133. The van der Waals surface area contributed by atoms with E-state index in [4.69, 9.17) is 4.74 Å². The van der Waals surface area contributed by atoms with Crippen molar-refractivity contribution in [3.8, 4) is 5.75 Å². The number of benzene rings is 2. The molecule has 1 amide bonds. The highest BCUT2D eigenvalue weighted by atomic mass is 16.5. The molecular weight excluding hydrogens is 342 g/mol. The standard InChI is InChI=1S/C21H21N3O3/c1-27-17-10-6-15(7-11-17)13-23(16-8-9-16)21(26)14-24-19-5-3-2-4-18(19)20(25)12-22-24/h2-7,10-12,16H,8-9,13-14H2,1H3. The van der Waals surface area contributed by atoms with Crippen LogP contribution in [0.15, 0.2) is 59.5 Å². The summed E-state index contributed by atoms with van der Waals surface area (Å²) < 4.78 is 6.81. The van der Waals surface area contributed by atoms with Gasteiger partial charge in [0.1, 0.15) is 12.3 Å². The fourth-order valence-corrected chi connectivity index (χ4v) is 3.24. The van der Waals surface area contributed by atoms with Crippen molar-refractivity contribution in [1.29, 1.82) is 0 Å². The van der Waals surface area contributed by atoms with Crippen molar-refractivity contribution in [1.82, 2.24) is 14.7 Å². The molecule has 0 bridgehead atoms. The van der Waals surface area contributed by atoms with Gasteiger partial charge in [-0.05, 0) is 42.7 Å². The fourth-order valence-electron chi connectivity index (χ4n) is 3.24. The van der Waals surface area contributed by atoms with Gasteiger partial charge in [0, 0.05) is 18.0 Å². The van der Waals surface area contributed by atoms with Crippen molar-refractivity contribution in [2.24, 2.45) is 0 Å². The first kappa shape index (κ1) is 17.3. The molecule has 4 rings (SSSR count). The quantitative estimate of drug-likeness (QED) is 0.675. The maximum atomic E-state index is 13.0. The van der Waals surface area contributed by atoms with E-state index < -0.39 is 0 Å². The summed E-state index contributed by atoms with van der Waals surface area (Å²) >= 11 is 0. The van der Waals surface area contributed by atoms with Crippen molar-refractivity contribution < 1.29 is 9.53 Å². The Morgan fingerprint density at radius 1 is 1.19 bits per heavy atom. The second-order valence-corrected chi connectivity index (χ2v) is 6.78. The van der Waals surface area contributed by atoms with Gasteiger partial charge in [-0.15, -0.1) is 0 Å². The van der Waals surface area contributed by atoms with Crippen LogP contribution in [0.2, 0.25) is 0 Å². The van der Waals surface area contributed by atoms with Gasteiger partial charge in [0.05, 0.1) is 18.8 Å².